The molecule has 1 amide bonds. The molecule has 2 aromatic heterocycles. The van der Waals surface area contributed by atoms with Crippen molar-refractivity contribution in [2.24, 2.45) is 18.9 Å². The molecule has 1 N–H and O–H groups in total. The first kappa shape index (κ1) is 20.5. The van der Waals surface area contributed by atoms with Crippen molar-refractivity contribution in [2.75, 3.05) is 25.0 Å². The van der Waals surface area contributed by atoms with Crippen LogP contribution in [0.25, 0.3) is 22.0 Å². The predicted molar refractivity (Wildman–Crippen MR) is 121 cm³/mol. The van der Waals surface area contributed by atoms with E-state index in [2.05, 4.69) is 56.8 Å². The smallest absolute Gasteiger partial charge is 0.228 e. The van der Waals surface area contributed by atoms with Gasteiger partial charge < -0.3 is 14.8 Å². The summed E-state index contributed by atoms with van der Waals surface area (Å²) in [5, 5.41) is 5.16. The van der Waals surface area contributed by atoms with Crippen molar-refractivity contribution in [1.82, 2.24) is 19.4 Å². The Morgan fingerprint density at radius 1 is 1.13 bits per heavy atom. The van der Waals surface area contributed by atoms with Crippen molar-refractivity contribution in [3.63, 3.8) is 0 Å². The van der Waals surface area contributed by atoms with Gasteiger partial charge in [-0.1, -0.05) is 26.0 Å². The number of hydrogen-bond donors (Lipinski definition) is 1. The molecule has 158 valence electrons. The molecule has 1 aliphatic heterocycles. The Morgan fingerprint density at radius 2 is 1.90 bits per heavy atom. The number of piperidine rings is 1. The number of nitrogens with zero attached hydrogens (tertiary/aromatic N) is 4. The van der Waals surface area contributed by atoms with Crippen LogP contribution in [0, 0.1) is 18.8 Å². The second kappa shape index (κ2) is 8.56. The maximum atomic E-state index is 12.8. The predicted octanol–water partition coefficient (Wildman–Crippen LogP) is 4.25. The number of hydrogen-bond acceptors (Lipinski definition) is 4. The van der Waals surface area contributed by atoms with Gasteiger partial charge in [0, 0.05) is 36.7 Å². The lowest BCUT2D eigenvalue weighted by atomic mass is 9.95. The monoisotopic (exact) mass is 405 g/mol. The molecule has 0 saturated carbocycles. The average Bonchev–Trinajstić information content (AvgIpc) is 3.06. The highest BCUT2D eigenvalue weighted by atomic mass is 16.1. The minimum absolute atomic E-state index is 0.0645. The van der Waals surface area contributed by atoms with E-state index in [0.717, 1.165) is 60.3 Å². The van der Waals surface area contributed by atoms with Crippen LogP contribution in [0.1, 0.15) is 32.5 Å². The Bertz CT molecular complexity index is 1050. The first-order valence-electron chi connectivity index (χ1n) is 10.8. The molecule has 1 saturated heterocycles. The number of rotatable bonds is 5. The number of carbonyl (C=O) groups excluding carboxylic acids is 1. The van der Waals surface area contributed by atoms with Gasteiger partial charge in [-0.05, 0) is 56.3 Å². The number of fused-ring (bicyclic) bond motifs is 1. The number of aromatic nitrogens is 3. The fourth-order valence-electron chi connectivity index (χ4n) is 4.26. The van der Waals surface area contributed by atoms with Gasteiger partial charge in [0.15, 0.2) is 0 Å². The standard InChI is InChI=1S/C24H31N5O/c1-16(2)15-29-9-7-18(8-10-29)24(30)27-23-12-21-11-19(5-6-20(21)13-26-23)22-14-25-17(3)28(22)4/h5-6,11-14,16,18H,7-10,15H2,1-4H3,(H,26,27,30). The zero-order valence-electron chi connectivity index (χ0n) is 18.4. The molecule has 0 bridgehead atoms. The molecular formula is C24H31N5O. The molecule has 1 aliphatic rings. The van der Waals surface area contributed by atoms with Crippen LogP contribution in [-0.2, 0) is 11.8 Å². The third-order valence-electron chi connectivity index (χ3n) is 6.07. The van der Waals surface area contributed by atoms with Crippen LogP contribution in [0.2, 0.25) is 0 Å². The van der Waals surface area contributed by atoms with Crippen LogP contribution < -0.4 is 5.32 Å². The number of pyridine rings is 1. The first-order valence-corrected chi connectivity index (χ1v) is 10.8. The van der Waals surface area contributed by atoms with Gasteiger partial charge in [0.25, 0.3) is 0 Å². The zero-order valence-corrected chi connectivity index (χ0v) is 18.4. The van der Waals surface area contributed by atoms with Crippen LogP contribution in [-0.4, -0.2) is 45.0 Å². The van der Waals surface area contributed by atoms with E-state index in [-0.39, 0.29) is 11.8 Å². The van der Waals surface area contributed by atoms with E-state index in [9.17, 15) is 4.79 Å². The molecule has 0 spiro atoms. The normalized spacial score (nSPS) is 15.8. The summed E-state index contributed by atoms with van der Waals surface area (Å²) in [7, 11) is 2.02. The fraction of sp³-hybridized carbons (Fsp3) is 0.458. The summed E-state index contributed by atoms with van der Waals surface area (Å²) < 4.78 is 2.08. The van der Waals surface area contributed by atoms with Crippen LogP contribution in [0.3, 0.4) is 0 Å². The lowest BCUT2D eigenvalue weighted by Crippen LogP contribution is -2.39. The molecule has 30 heavy (non-hydrogen) atoms. The van der Waals surface area contributed by atoms with Gasteiger partial charge in [0.2, 0.25) is 5.91 Å². The van der Waals surface area contributed by atoms with Gasteiger partial charge in [0.1, 0.15) is 11.6 Å². The lowest BCUT2D eigenvalue weighted by molar-refractivity contribution is -0.121. The summed E-state index contributed by atoms with van der Waals surface area (Å²) >= 11 is 0. The quantitative estimate of drug-likeness (QED) is 0.689. The Labute approximate surface area is 178 Å². The zero-order chi connectivity index (χ0) is 21.3. The van der Waals surface area contributed by atoms with Crippen LogP contribution in [0.4, 0.5) is 5.82 Å². The number of imidazole rings is 1. The van der Waals surface area contributed by atoms with Crippen molar-refractivity contribution in [3.05, 3.63) is 42.5 Å². The largest absolute Gasteiger partial charge is 0.331 e. The second-order valence-electron chi connectivity index (χ2n) is 8.84. The molecule has 6 nitrogen and oxygen atoms in total. The Kier molecular flexibility index (Phi) is 5.86. The molecule has 1 fully saturated rings. The number of nitrogens with one attached hydrogen (secondary N) is 1. The number of carbonyl (C=O) groups is 1. The molecular weight excluding hydrogens is 374 g/mol. The average molecular weight is 406 g/mol. The number of benzene rings is 1. The molecule has 0 atom stereocenters. The number of likely N-dealkylation sites (tertiary alicyclic amines) is 1. The van der Waals surface area contributed by atoms with E-state index in [1.807, 2.05) is 32.4 Å². The third kappa shape index (κ3) is 4.38. The van der Waals surface area contributed by atoms with Gasteiger partial charge in [-0.3, -0.25) is 4.79 Å². The molecule has 3 aromatic rings. The number of anilines is 1. The summed E-state index contributed by atoms with van der Waals surface area (Å²) in [6.07, 6.45) is 5.55. The van der Waals surface area contributed by atoms with Crippen molar-refractivity contribution < 1.29 is 4.79 Å². The van der Waals surface area contributed by atoms with E-state index >= 15 is 0 Å². The maximum Gasteiger partial charge on any atom is 0.228 e. The van der Waals surface area contributed by atoms with E-state index in [1.165, 1.54) is 0 Å². The van der Waals surface area contributed by atoms with Gasteiger partial charge in [-0.2, -0.15) is 0 Å². The van der Waals surface area contributed by atoms with E-state index in [0.29, 0.717) is 11.7 Å². The number of aryl methyl sites for hydroxylation is 1. The van der Waals surface area contributed by atoms with Crippen molar-refractivity contribution >= 4 is 22.5 Å². The molecule has 0 aliphatic carbocycles. The van der Waals surface area contributed by atoms with Crippen molar-refractivity contribution in [3.8, 4) is 11.3 Å². The first-order chi connectivity index (χ1) is 14.4. The maximum absolute atomic E-state index is 12.8. The Balaban J connectivity index is 1.47. The fourth-order valence-corrected chi connectivity index (χ4v) is 4.26. The molecule has 1 aromatic carbocycles. The van der Waals surface area contributed by atoms with Gasteiger partial charge in [-0.15, -0.1) is 0 Å². The molecule has 0 unspecified atom stereocenters. The third-order valence-corrected chi connectivity index (χ3v) is 6.07. The Hall–Kier alpha value is -2.73. The van der Waals surface area contributed by atoms with Crippen LogP contribution in [0.5, 0.6) is 0 Å². The second-order valence-corrected chi connectivity index (χ2v) is 8.84. The topological polar surface area (TPSA) is 63.1 Å². The molecule has 3 heterocycles. The summed E-state index contributed by atoms with van der Waals surface area (Å²) in [6.45, 7) is 9.58. The van der Waals surface area contributed by atoms with Crippen molar-refractivity contribution in [2.45, 2.75) is 33.6 Å². The SMILES string of the molecule is Cc1ncc(-c2ccc3cnc(NC(=O)C4CCN(CC(C)C)CC4)cc3c2)n1C. The van der Waals surface area contributed by atoms with Crippen LogP contribution in [0.15, 0.2) is 36.7 Å². The number of amides is 1. The highest BCUT2D eigenvalue weighted by Crippen LogP contribution is 2.26. The summed E-state index contributed by atoms with van der Waals surface area (Å²) in [5.41, 5.74) is 2.18. The summed E-state index contributed by atoms with van der Waals surface area (Å²) in [4.78, 5) is 24.1. The highest BCUT2D eigenvalue weighted by Gasteiger charge is 2.25. The minimum atomic E-state index is 0.0645. The molecule has 6 heteroatoms. The Morgan fingerprint density at radius 3 is 2.57 bits per heavy atom. The van der Waals surface area contributed by atoms with Crippen LogP contribution >= 0.6 is 0 Å². The minimum Gasteiger partial charge on any atom is -0.331 e. The van der Waals surface area contributed by atoms with Gasteiger partial charge >= 0.3 is 0 Å². The summed E-state index contributed by atoms with van der Waals surface area (Å²) in [6, 6.07) is 8.25. The van der Waals surface area contributed by atoms with Crippen molar-refractivity contribution in [1.29, 1.82) is 0 Å². The van der Waals surface area contributed by atoms with Gasteiger partial charge in [0.05, 0.1) is 11.9 Å². The van der Waals surface area contributed by atoms with E-state index in [1.54, 1.807) is 0 Å². The van der Waals surface area contributed by atoms with E-state index in [4.69, 9.17) is 0 Å². The lowest BCUT2D eigenvalue weighted by Gasteiger charge is -2.32. The van der Waals surface area contributed by atoms with Gasteiger partial charge in [-0.25, -0.2) is 9.97 Å². The highest BCUT2D eigenvalue weighted by molar-refractivity contribution is 5.95. The molecule has 4 rings (SSSR count). The van der Waals surface area contributed by atoms with E-state index < -0.39 is 0 Å². The molecule has 0 radical (unpaired) electrons. The summed E-state index contributed by atoms with van der Waals surface area (Å²) in [5.74, 6) is 2.42.